The molecular formula is C20H22N2O2. The van der Waals surface area contributed by atoms with Crippen molar-refractivity contribution in [3.8, 4) is 11.4 Å². The summed E-state index contributed by atoms with van der Waals surface area (Å²) in [5, 5.41) is 9.72. The van der Waals surface area contributed by atoms with Gasteiger partial charge in [-0.1, -0.05) is 31.2 Å². The van der Waals surface area contributed by atoms with Crippen LogP contribution in [0.5, 0.6) is 0 Å². The van der Waals surface area contributed by atoms with Crippen LogP contribution in [0.1, 0.15) is 36.1 Å². The Bertz CT molecular complexity index is 925. The lowest BCUT2D eigenvalue weighted by atomic mass is 10.1. The highest BCUT2D eigenvalue weighted by molar-refractivity contribution is 5.86. The molecule has 124 valence electrons. The minimum atomic E-state index is -0.829. The molecule has 2 aromatic carbocycles. The van der Waals surface area contributed by atoms with Crippen molar-refractivity contribution in [1.29, 1.82) is 0 Å². The molecule has 1 N–H and O–H groups in total. The lowest BCUT2D eigenvalue weighted by Gasteiger charge is -2.17. The normalized spacial score (nSPS) is 12.5. The molecule has 0 amide bonds. The minimum absolute atomic E-state index is 0.507. The Morgan fingerprint density at radius 3 is 2.42 bits per heavy atom. The third kappa shape index (κ3) is 2.58. The van der Waals surface area contributed by atoms with Crippen LogP contribution in [0.4, 0.5) is 0 Å². The molecule has 0 aliphatic carbocycles. The summed E-state index contributed by atoms with van der Waals surface area (Å²) in [7, 11) is 0. The molecule has 0 aliphatic rings. The molecule has 0 bridgehead atoms. The van der Waals surface area contributed by atoms with E-state index < -0.39 is 12.0 Å². The second-order valence-electron chi connectivity index (χ2n) is 6.31. The molecule has 0 saturated heterocycles. The molecule has 0 radical (unpaired) electrons. The third-order valence-corrected chi connectivity index (χ3v) is 4.67. The van der Waals surface area contributed by atoms with Crippen LogP contribution < -0.4 is 0 Å². The van der Waals surface area contributed by atoms with Crippen molar-refractivity contribution in [2.45, 2.75) is 40.2 Å². The van der Waals surface area contributed by atoms with E-state index in [9.17, 15) is 9.90 Å². The number of aryl methyl sites for hydroxylation is 3. The van der Waals surface area contributed by atoms with Gasteiger partial charge in [-0.05, 0) is 56.0 Å². The summed E-state index contributed by atoms with van der Waals surface area (Å²) in [5.41, 5.74) is 6.08. The number of carbonyl (C=O) groups is 1. The van der Waals surface area contributed by atoms with Gasteiger partial charge in [-0.3, -0.25) is 0 Å². The molecule has 0 saturated carbocycles. The summed E-state index contributed by atoms with van der Waals surface area (Å²) in [6.07, 6.45) is 0.507. The van der Waals surface area contributed by atoms with E-state index in [4.69, 9.17) is 4.98 Å². The van der Waals surface area contributed by atoms with Gasteiger partial charge >= 0.3 is 5.97 Å². The quantitative estimate of drug-likeness (QED) is 0.760. The van der Waals surface area contributed by atoms with Crippen LogP contribution in [0.2, 0.25) is 0 Å². The molecule has 3 rings (SSSR count). The standard InChI is InChI=1S/C20H22N2O2/c1-5-17(20(23)24)22-18-11-14(4)13(3)10-16(18)21-19(22)15-9-7-6-8-12(15)2/h6-11,17H,5H2,1-4H3,(H,23,24). The summed E-state index contributed by atoms with van der Waals surface area (Å²) in [4.78, 5) is 16.6. The SMILES string of the molecule is CCC(C(=O)O)n1c(-c2ccccc2C)nc2cc(C)c(C)cc21. The van der Waals surface area contributed by atoms with Gasteiger partial charge in [-0.2, -0.15) is 0 Å². The van der Waals surface area contributed by atoms with Gasteiger partial charge in [0.25, 0.3) is 0 Å². The highest BCUT2D eigenvalue weighted by Crippen LogP contribution is 2.32. The van der Waals surface area contributed by atoms with E-state index in [1.807, 2.05) is 61.7 Å². The van der Waals surface area contributed by atoms with E-state index in [1.54, 1.807) is 0 Å². The largest absolute Gasteiger partial charge is 0.480 e. The van der Waals surface area contributed by atoms with Crippen LogP contribution >= 0.6 is 0 Å². The fourth-order valence-electron chi connectivity index (χ4n) is 3.15. The van der Waals surface area contributed by atoms with Crippen molar-refractivity contribution < 1.29 is 9.90 Å². The Labute approximate surface area is 141 Å². The van der Waals surface area contributed by atoms with Crippen LogP contribution in [-0.2, 0) is 4.79 Å². The zero-order valence-corrected chi connectivity index (χ0v) is 14.5. The van der Waals surface area contributed by atoms with Crippen molar-refractivity contribution in [1.82, 2.24) is 9.55 Å². The topological polar surface area (TPSA) is 55.1 Å². The molecule has 0 spiro atoms. The average Bonchev–Trinajstić information content (AvgIpc) is 2.87. The van der Waals surface area contributed by atoms with Crippen molar-refractivity contribution in [2.24, 2.45) is 0 Å². The third-order valence-electron chi connectivity index (χ3n) is 4.67. The Hall–Kier alpha value is -2.62. The summed E-state index contributed by atoms with van der Waals surface area (Å²) in [6, 6.07) is 11.4. The van der Waals surface area contributed by atoms with E-state index in [-0.39, 0.29) is 0 Å². The maximum Gasteiger partial charge on any atom is 0.326 e. The highest BCUT2D eigenvalue weighted by Gasteiger charge is 2.25. The van der Waals surface area contributed by atoms with Gasteiger partial charge in [0.15, 0.2) is 0 Å². The van der Waals surface area contributed by atoms with Gasteiger partial charge in [0.1, 0.15) is 11.9 Å². The first kappa shape index (κ1) is 16.2. The minimum Gasteiger partial charge on any atom is -0.480 e. The lowest BCUT2D eigenvalue weighted by molar-refractivity contribution is -0.140. The Balaban J connectivity index is 2.40. The fourth-order valence-corrected chi connectivity index (χ4v) is 3.15. The number of aromatic nitrogens is 2. The number of hydrogen-bond acceptors (Lipinski definition) is 2. The van der Waals surface area contributed by atoms with Crippen LogP contribution in [0, 0.1) is 20.8 Å². The van der Waals surface area contributed by atoms with Gasteiger partial charge in [-0.15, -0.1) is 0 Å². The molecule has 1 heterocycles. The molecule has 24 heavy (non-hydrogen) atoms. The van der Waals surface area contributed by atoms with E-state index >= 15 is 0 Å². The molecule has 0 aliphatic heterocycles. The number of nitrogens with zero attached hydrogens (tertiary/aromatic N) is 2. The van der Waals surface area contributed by atoms with E-state index in [0.29, 0.717) is 6.42 Å². The van der Waals surface area contributed by atoms with Gasteiger partial charge < -0.3 is 9.67 Å². The molecule has 1 unspecified atom stereocenters. The molecule has 1 aromatic heterocycles. The lowest BCUT2D eigenvalue weighted by Crippen LogP contribution is -2.19. The molecule has 4 heteroatoms. The number of hydrogen-bond donors (Lipinski definition) is 1. The number of carboxylic acids is 1. The fraction of sp³-hybridized carbons (Fsp3) is 0.300. The highest BCUT2D eigenvalue weighted by atomic mass is 16.4. The summed E-state index contributed by atoms with van der Waals surface area (Å²) < 4.78 is 1.88. The first-order valence-corrected chi connectivity index (χ1v) is 8.22. The Kier molecular flexibility index (Phi) is 4.14. The van der Waals surface area contributed by atoms with Crippen molar-refractivity contribution in [2.75, 3.05) is 0 Å². The predicted molar refractivity (Wildman–Crippen MR) is 96.3 cm³/mol. The summed E-state index contributed by atoms with van der Waals surface area (Å²) in [6.45, 7) is 8.02. The number of fused-ring (bicyclic) bond motifs is 1. The van der Waals surface area contributed by atoms with Crippen molar-refractivity contribution in [3.63, 3.8) is 0 Å². The smallest absolute Gasteiger partial charge is 0.326 e. The average molecular weight is 322 g/mol. The van der Waals surface area contributed by atoms with Crippen LogP contribution in [0.3, 0.4) is 0 Å². The zero-order valence-electron chi connectivity index (χ0n) is 14.5. The molecule has 4 nitrogen and oxygen atoms in total. The second-order valence-corrected chi connectivity index (χ2v) is 6.31. The number of benzene rings is 2. The zero-order chi connectivity index (χ0) is 17.4. The number of aliphatic carboxylic acids is 1. The Morgan fingerprint density at radius 2 is 1.79 bits per heavy atom. The van der Waals surface area contributed by atoms with Crippen LogP contribution in [0.15, 0.2) is 36.4 Å². The van der Waals surface area contributed by atoms with Crippen LogP contribution in [-0.4, -0.2) is 20.6 Å². The van der Waals surface area contributed by atoms with Crippen LogP contribution in [0.25, 0.3) is 22.4 Å². The molecule has 3 aromatic rings. The van der Waals surface area contributed by atoms with Gasteiger partial charge in [0.2, 0.25) is 0 Å². The Morgan fingerprint density at radius 1 is 1.12 bits per heavy atom. The van der Waals surface area contributed by atoms with Crippen molar-refractivity contribution >= 4 is 17.0 Å². The molecule has 1 atom stereocenters. The maximum absolute atomic E-state index is 11.8. The predicted octanol–water partition coefficient (Wildman–Crippen LogP) is 4.66. The first-order chi connectivity index (χ1) is 11.4. The number of carboxylic acid groups (broad SMARTS) is 1. The van der Waals surface area contributed by atoms with E-state index in [2.05, 4.69) is 6.92 Å². The molecule has 0 fully saturated rings. The monoisotopic (exact) mass is 322 g/mol. The van der Waals surface area contributed by atoms with E-state index in [1.165, 1.54) is 0 Å². The van der Waals surface area contributed by atoms with Gasteiger partial charge in [-0.25, -0.2) is 9.78 Å². The first-order valence-electron chi connectivity index (χ1n) is 8.22. The summed E-state index contributed by atoms with van der Waals surface area (Å²) >= 11 is 0. The van der Waals surface area contributed by atoms with Crippen molar-refractivity contribution in [3.05, 3.63) is 53.1 Å². The van der Waals surface area contributed by atoms with Gasteiger partial charge in [0, 0.05) is 5.56 Å². The number of imidazole rings is 1. The second kappa shape index (κ2) is 6.11. The van der Waals surface area contributed by atoms with E-state index in [0.717, 1.165) is 39.1 Å². The summed E-state index contributed by atoms with van der Waals surface area (Å²) in [5.74, 6) is -0.104. The van der Waals surface area contributed by atoms with Gasteiger partial charge in [0.05, 0.1) is 11.0 Å². The maximum atomic E-state index is 11.8. The molecular weight excluding hydrogens is 300 g/mol. The number of rotatable bonds is 4.